The summed E-state index contributed by atoms with van der Waals surface area (Å²) in [5, 5.41) is 0. The molecule has 59 heavy (non-hydrogen) atoms. The zero-order chi connectivity index (χ0) is 42.0. The molecule has 0 saturated carbocycles. The molecule has 2 unspecified atom stereocenters. The summed E-state index contributed by atoms with van der Waals surface area (Å²) in [4.78, 5) is 41.4. The van der Waals surface area contributed by atoms with Crippen LogP contribution in [0, 0.1) is 18.8 Å². The van der Waals surface area contributed by atoms with Gasteiger partial charge in [0.25, 0.3) is 11.8 Å². The average molecular weight is 859 g/mol. The van der Waals surface area contributed by atoms with Crippen molar-refractivity contribution in [2.75, 3.05) is 13.1 Å². The van der Waals surface area contributed by atoms with Crippen LogP contribution in [0.1, 0.15) is 198 Å². The molecule has 3 aromatic heterocycles. The maximum atomic E-state index is 15.0. The molecular weight excluding hydrogens is 781 g/mol. The highest BCUT2D eigenvalue weighted by molar-refractivity contribution is 7.26. The van der Waals surface area contributed by atoms with Crippen LogP contribution in [-0.4, -0.2) is 34.7 Å². The van der Waals surface area contributed by atoms with E-state index in [0.29, 0.717) is 29.5 Å². The fraction of sp³-hybridized carbons (Fsp3) is 0.654. The summed E-state index contributed by atoms with van der Waals surface area (Å²) in [6, 6.07) is 13.3. The monoisotopic (exact) mass is 859 g/mol. The number of allylic oxidation sites excluding steroid dienone is 1. The van der Waals surface area contributed by atoms with E-state index in [9.17, 15) is 9.59 Å². The molecule has 5 rings (SSSR count). The standard InChI is InChI=1S/C52H78N2O2S3/c1-7-11-15-19-21-25-29-41(27-23-17-13-9-3)37-53-40(6)48-49(52(53)56)50(47-36-35-46(59-47)45-34-33-44(58-45)43-32-31-39(5)57-43)54(51(48)55)38-42(28-24-18-14-10-4)30-26-22-20-16-12-8-2/h31-36,41-42H,7-30,37-38H2,1-6H3. The van der Waals surface area contributed by atoms with Gasteiger partial charge in [0.2, 0.25) is 0 Å². The number of unbranched alkanes of at least 4 members (excludes halogenated alkanes) is 16. The zero-order valence-electron chi connectivity index (χ0n) is 37.9. The number of aryl methyl sites for hydroxylation is 1. The molecule has 0 radical (unpaired) electrons. The fourth-order valence-corrected chi connectivity index (χ4v) is 12.4. The lowest BCUT2D eigenvalue weighted by atomic mass is 9.93. The second kappa shape index (κ2) is 25.5. The maximum Gasteiger partial charge on any atom is 0.261 e. The van der Waals surface area contributed by atoms with Crippen molar-refractivity contribution in [3.8, 4) is 19.5 Å². The van der Waals surface area contributed by atoms with E-state index in [2.05, 4.69) is 82.8 Å². The van der Waals surface area contributed by atoms with Crippen molar-refractivity contribution in [3.05, 3.63) is 63.0 Å². The van der Waals surface area contributed by atoms with E-state index in [-0.39, 0.29) is 11.8 Å². The van der Waals surface area contributed by atoms with Gasteiger partial charge in [-0.05, 0) is 87.8 Å². The number of hydrogen-bond donors (Lipinski definition) is 0. The lowest BCUT2D eigenvalue weighted by molar-refractivity contribution is -0.125. The first-order chi connectivity index (χ1) is 28.8. The highest BCUT2D eigenvalue weighted by Crippen LogP contribution is 2.48. The normalized spacial score (nSPS) is 15.4. The Morgan fingerprint density at radius 2 is 0.780 bits per heavy atom. The molecular formula is C52H78N2O2S3. The van der Waals surface area contributed by atoms with Gasteiger partial charge >= 0.3 is 0 Å². The summed E-state index contributed by atoms with van der Waals surface area (Å²) in [5.74, 6) is 1.01. The molecule has 5 heterocycles. The first-order valence-corrected chi connectivity index (χ1v) is 26.6. The van der Waals surface area contributed by atoms with Gasteiger partial charge in [0.1, 0.15) is 0 Å². The van der Waals surface area contributed by atoms with Crippen LogP contribution in [-0.2, 0) is 9.59 Å². The minimum Gasteiger partial charge on any atom is -0.311 e. The first-order valence-electron chi connectivity index (χ1n) is 24.2. The molecule has 326 valence electrons. The fourth-order valence-electron chi connectivity index (χ4n) is 9.30. The third kappa shape index (κ3) is 13.5. The van der Waals surface area contributed by atoms with E-state index < -0.39 is 0 Å². The van der Waals surface area contributed by atoms with Gasteiger partial charge in [0.05, 0.1) is 21.7 Å². The summed E-state index contributed by atoms with van der Waals surface area (Å²) >= 11 is 5.44. The topological polar surface area (TPSA) is 40.6 Å². The lowest BCUT2D eigenvalue weighted by Crippen LogP contribution is -2.34. The highest BCUT2D eigenvalue weighted by atomic mass is 32.1. The Balaban J connectivity index is 1.44. The van der Waals surface area contributed by atoms with Crippen molar-refractivity contribution in [2.45, 2.75) is 196 Å². The van der Waals surface area contributed by atoms with Gasteiger partial charge in [-0.1, -0.05) is 156 Å². The van der Waals surface area contributed by atoms with E-state index in [1.54, 1.807) is 11.3 Å². The molecule has 0 N–H and O–H groups in total. The quantitative estimate of drug-likeness (QED) is 0.0605. The van der Waals surface area contributed by atoms with Gasteiger partial charge < -0.3 is 9.80 Å². The van der Waals surface area contributed by atoms with Gasteiger partial charge in [-0.3, -0.25) is 9.59 Å². The van der Waals surface area contributed by atoms with E-state index in [4.69, 9.17) is 0 Å². The van der Waals surface area contributed by atoms with E-state index >= 15 is 0 Å². The molecule has 0 saturated heterocycles. The van der Waals surface area contributed by atoms with E-state index in [1.807, 2.05) is 27.6 Å². The van der Waals surface area contributed by atoms with Gasteiger partial charge in [-0.25, -0.2) is 0 Å². The number of rotatable bonds is 31. The highest BCUT2D eigenvalue weighted by Gasteiger charge is 2.48. The predicted octanol–water partition coefficient (Wildman–Crippen LogP) is 16.9. The SMILES string of the molecule is CCCCCCCCC(CCCCCC)CN1C(=O)C2=C(c3ccc(-c4ccc(-c5ccc(C)s5)s4)s3)N(CC(CCCCCC)CCCCCCCC)C(=O)C2=C1C. The number of nitrogens with zero attached hydrogens (tertiary/aromatic N) is 2. The molecule has 0 bridgehead atoms. The minimum absolute atomic E-state index is 0.0571. The number of carbonyl (C=O) groups is 2. The second-order valence-corrected chi connectivity index (χ2v) is 21.3. The van der Waals surface area contributed by atoms with Crippen LogP contribution >= 0.6 is 34.0 Å². The molecule has 2 aliphatic heterocycles. The van der Waals surface area contributed by atoms with Crippen LogP contribution in [0.3, 0.4) is 0 Å². The van der Waals surface area contributed by atoms with Gasteiger partial charge in [0, 0.05) is 43.2 Å². The van der Waals surface area contributed by atoms with Crippen LogP contribution < -0.4 is 0 Å². The number of amides is 2. The van der Waals surface area contributed by atoms with Crippen LogP contribution in [0.2, 0.25) is 0 Å². The van der Waals surface area contributed by atoms with Crippen molar-refractivity contribution in [1.29, 1.82) is 0 Å². The Hall–Kier alpha value is -2.48. The Morgan fingerprint density at radius 1 is 0.424 bits per heavy atom. The molecule has 4 nitrogen and oxygen atoms in total. The summed E-state index contributed by atoms with van der Waals surface area (Å²) in [5.41, 5.74) is 3.13. The van der Waals surface area contributed by atoms with E-state index in [0.717, 1.165) is 48.5 Å². The van der Waals surface area contributed by atoms with Crippen molar-refractivity contribution < 1.29 is 9.59 Å². The van der Waals surface area contributed by atoms with Gasteiger partial charge in [-0.2, -0.15) is 0 Å². The molecule has 0 aromatic carbocycles. The Labute approximate surface area is 372 Å². The summed E-state index contributed by atoms with van der Waals surface area (Å²) in [6.45, 7) is 14.8. The van der Waals surface area contributed by atoms with Crippen molar-refractivity contribution in [2.24, 2.45) is 11.8 Å². The molecule has 0 aliphatic carbocycles. The molecule has 3 aromatic rings. The Morgan fingerprint density at radius 3 is 1.24 bits per heavy atom. The summed E-state index contributed by atoms with van der Waals surface area (Å²) < 4.78 is 0. The number of carbonyl (C=O) groups excluding carboxylic acids is 2. The average Bonchev–Trinajstić information content (AvgIpc) is 4.08. The minimum atomic E-state index is 0.0571. The molecule has 2 amide bonds. The van der Waals surface area contributed by atoms with Crippen molar-refractivity contribution in [1.82, 2.24) is 9.80 Å². The third-order valence-electron chi connectivity index (χ3n) is 12.9. The van der Waals surface area contributed by atoms with Crippen molar-refractivity contribution >= 4 is 51.5 Å². The van der Waals surface area contributed by atoms with Crippen molar-refractivity contribution in [3.63, 3.8) is 0 Å². The smallest absolute Gasteiger partial charge is 0.261 e. The largest absolute Gasteiger partial charge is 0.311 e. The van der Waals surface area contributed by atoms with E-state index in [1.165, 1.54) is 153 Å². The maximum absolute atomic E-state index is 15.0. The molecule has 7 heteroatoms. The first kappa shape index (κ1) is 47.6. The molecule has 0 spiro atoms. The van der Waals surface area contributed by atoms with Gasteiger partial charge in [-0.15, -0.1) is 34.0 Å². The second-order valence-electron chi connectivity index (χ2n) is 17.8. The Bertz CT molecular complexity index is 1790. The van der Waals surface area contributed by atoms with Gasteiger partial charge in [0.15, 0.2) is 0 Å². The number of thiophene rings is 3. The number of hydrogen-bond acceptors (Lipinski definition) is 5. The van der Waals surface area contributed by atoms with Crippen LogP contribution in [0.5, 0.6) is 0 Å². The Kier molecular flexibility index (Phi) is 20.5. The molecule has 2 atom stereocenters. The summed E-state index contributed by atoms with van der Waals surface area (Å²) in [6.07, 6.45) is 30.0. The number of fused-ring (bicyclic) bond motifs is 1. The van der Waals surface area contributed by atoms with Crippen LogP contribution in [0.25, 0.3) is 25.2 Å². The summed E-state index contributed by atoms with van der Waals surface area (Å²) in [7, 11) is 0. The van der Waals surface area contributed by atoms with Crippen LogP contribution in [0.4, 0.5) is 0 Å². The third-order valence-corrected chi connectivity index (χ3v) is 16.4. The van der Waals surface area contributed by atoms with Crippen LogP contribution in [0.15, 0.2) is 53.2 Å². The predicted molar refractivity (Wildman–Crippen MR) is 259 cm³/mol. The molecule has 0 fully saturated rings. The lowest BCUT2D eigenvalue weighted by Gasteiger charge is -2.29. The molecule has 2 aliphatic rings. The zero-order valence-corrected chi connectivity index (χ0v) is 40.4.